The van der Waals surface area contributed by atoms with Crippen LogP contribution in [0.4, 0.5) is 23.7 Å². The van der Waals surface area contributed by atoms with Crippen LogP contribution in [0.25, 0.3) is 10.9 Å². The van der Waals surface area contributed by atoms with Gasteiger partial charge in [-0.25, -0.2) is 9.59 Å². The summed E-state index contributed by atoms with van der Waals surface area (Å²) in [6.07, 6.45) is -5.13. The van der Waals surface area contributed by atoms with Crippen LogP contribution >= 0.6 is 0 Å². The molecule has 0 bridgehead atoms. The van der Waals surface area contributed by atoms with E-state index in [1.54, 1.807) is 31.2 Å². The minimum atomic E-state index is -5.08. The van der Waals surface area contributed by atoms with E-state index in [-0.39, 0.29) is 18.9 Å². The van der Waals surface area contributed by atoms with E-state index in [0.29, 0.717) is 18.0 Å². The molecule has 1 saturated heterocycles. The number of anilines is 1. The second-order valence-electron chi connectivity index (χ2n) is 8.98. The molecule has 1 atom stereocenters. The van der Waals surface area contributed by atoms with Crippen molar-refractivity contribution in [3.63, 3.8) is 0 Å². The second kappa shape index (κ2) is 11.8. The average molecular weight is 547 g/mol. The van der Waals surface area contributed by atoms with Crippen molar-refractivity contribution in [3.05, 3.63) is 65.9 Å². The number of carbonyl (C=O) groups is 4. The quantitative estimate of drug-likeness (QED) is 0.366. The minimum Gasteiger partial charge on any atom is -0.489 e. The molecule has 0 spiro atoms. The summed E-state index contributed by atoms with van der Waals surface area (Å²) in [5.74, 6) is -2.86. The molecule has 2 heterocycles. The molecule has 1 aliphatic rings. The fourth-order valence-corrected chi connectivity index (χ4v) is 3.67. The molecule has 1 unspecified atom stereocenters. The predicted molar refractivity (Wildman–Crippen MR) is 134 cm³/mol. The molecule has 3 aromatic rings. The minimum absolute atomic E-state index is 0.0498. The first-order chi connectivity index (χ1) is 18.3. The number of carbonyl (C=O) groups excluding carboxylic acids is 3. The van der Waals surface area contributed by atoms with Crippen LogP contribution in [0, 0.1) is 12.3 Å². The van der Waals surface area contributed by atoms with Gasteiger partial charge in [0.2, 0.25) is 11.8 Å². The van der Waals surface area contributed by atoms with E-state index in [4.69, 9.17) is 14.6 Å². The Kier molecular flexibility index (Phi) is 8.74. The molecule has 13 heteroatoms. The van der Waals surface area contributed by atoms with Gasteiger partial charge in [0.25, 0.3) is 0 Å². The number of hydrogen-bond donors (Lipinski definition) is 4. The van der Waals surface area contributed by atoms with Crippen molar-refractivity contribution in [3.8, 4) is 5.75 Å². The molecule has 1 fully saturated rings. The van der Waals surface area contributed by atoms with Crippen molar-refractivity contribution in [2.45, 2.75) is 33.1 Å². The standard InChI is InChI=1S/C24H24N4O4.C2HF3O2/c1-15-11-16(19-5-3-4-6-20(19)26-15)13-32-18-9-7-17(8-10-18)27-21(29)12-24(2)14-25-23(31)28-22(24)30;3-2(4,5)1(6)7/h3-11H,12-14H2,1-2H3,(H,27,29)(H2,25,28,30,31);(H,6,7). The highest BCUT2D eigenvalue weighted by atomic mass is 19.4. The van der Waals surface area contributed by atoms with E-state index in [2.05, 4.69) is 20.9 Å². The number of benzene rings is 2. The van der Waals surface area contributed by atoms with E-state index >= 15 is 0 Å². The first-order valence-corrected chi connectivity index (χ1v) is 11.5. The van der Waals surface area contributed by atoms with Crippen LogP contribution in [0.5, 0.6) is 5.75 Å². The number of ether oxygens (including phenoxy) is 1. The van der Waals surface area contributed by atoms with Gasteiger partial charge in [0, 0.05) is 35.3 Å². The third-order valence-corrected chi connectivity index (χ3v) is 5.67. The van der Waals surface area contributed by atoms with Gasteiger partial charge >= 0.3 is 18.2 Å². The van der Waals surface area contributed by atoms with Crippen molar-refractivity contribution in [2.24, 2.45) is 5.41 Å². The van der Waals surface area contributed by atoms with Gasteiger partial charge in [-0.1, -0.05) is 18.2 Å². The Bertz CT molecular complexity index is 1390. The van der Waals surface area contributed by atoms with Gasteiger partial charge in [-0.15, -0.1) is 0 Å². The number of imide groups is 1. The molecule has 1 aliphatic heterocycles. The van der Waals surface area contributed by atoms with Crippen LogP contribution < -0.4 is 20.7 Å². The number of nitrogens with one attached hydrogen (secondary N) is 3. The van der Waals surface area contributed by atoms with E-state index in [1.807, 2.05) is 37.3 Å². The van der Waals surface area contributed by atoms with Gasteiger partial charge in [-0.05, 0) is 50.2 Å². The number of hydrogen-bond acceptors (Lipinski definition) is 6. The zero-order valence-electron chi connectivity index (χ0n) is 20.9. The number of halogens is 3. The third-order valence-electron chi connectivity index (χ3n) is 5.67. The first-order valence-electron chi connectivity index (χ1n) is 11.5. The molecule has 0 radical (unpaired) electrons. The van der Waals surface area contributed by atoms with Crippen LogP contribution in [0.1, 0.15) is 24.6 Å². The Morgan fingerprint density at radius 1 is 1.13 bits per heavy atom. The van der Waals surface area contributed by atoms with Gasteiger partial charge in [0.15, 0.2) is 0 Å². The average Bonchev–Trinajstić information content (AvgIpc) is 2.86. The summed E-state index contributed by atoms with van der Waals surface area (Å²) in [7, 11) is 0. The number of nitrogens with zero attached hydrogens (tertiary/aromatic N) is 1. The fraction of sp³-hybridized carbons (Fsp3) is 0.269. The van der Waals surface area contributed by atoms with Crippen LogP contribution in [0.15, 0.2) is 54.6 Å². The number of aryl methyl sites for hydroxylation is 1. The summed E-state index contributed by atoms with van der Waals surface area (Å²) in [4.78, 5) is 49.2. The number of aliphatic carboxylic acids is 1. The second-order valence-corrected chi connectivity index (χ2v) is 8.98. The number of aromatic nitrogens is 1. The number of alkyl halides is 3. The van der Waals surface area contributed by atoms with Crippen LogP contribution in [0.3, 0.4) is 0 Å². The smallest absolute Gasteiger partial charge is 0.489 e. The van der Waals surface area contributed by atoms with Crippen LogP contribution in [0.2, 0.25) is 0 Å². The molecule has 0 saturated carbocycles. The summed E-state index contributed by atoms with van der Waals surface area (Å²) >= 11 is 0. The van der Waals surface area contributed by atoms with E-state index in [0.717, 1.165) is 22.2 Å². The lowest BCUT2D eigenvalue weighted by atomic mass is 9.84. The van der Waals surface area contributed by atoms with Crippen molar-refractivity contribution < 1.29 is 42.2 Å². The summed E-state index contributed by atoms with van der Waals surface area (Å²) in [6, 6.07) is 16.5. The number of urea groups is 1. The maximum Gasteiger partial charge on any atom is 0.490 e. The molecule has 2 aromatic carbocycles. The SMILES string of the molecule is Cc1cc(COc2ccc(NC(=O)CC3(C)CNC(=O)NC3=O)cc2)c2ccccc2n1.O=C(O)C(F)(F)F. The van der Waals surface area contributed by atoms with Gasteiger partial charge in [0.05, 0.1) is 10.9 Å². The highest BCUT2D eigenvalue weighted by molar-refractivity contribution is 6.03. The molecule has 1 aromatic heterocycles. The largest absolute Gasteiger partial charge is 0.490 e. The number of pyridine rings is 1. The summed E-state index contributed by atoms with van der Waals surface area (Å²) < 4.78 is 37.7. The monoisotopic (exact) mass is 546 g/mol. The zero-order valence-corrected chi connectivity index (χ0v) is 20.9. The van der Waals surface area contributed by atoms with Crippen molar-refractivity contribution in [1.29, 1.82) is 0 Å². The number of amides is 4. The summed E-state index contributed by atoms with van der Waals surface area (Å²) in [6.45, 7) is 4.11. The molecular weight excluding hydrogens is 521 g/mol. The molecule has 4 rings (SSSR count). The number of fused-ring (bicyclic) bond motifs is 1. The van der Waals surface area contributed by atoms with Crippen molar-refractivity contribution in [2.75, 3.05) is 11.9 Å². The lowest BCUT2D eigenvalue weighted by Gasteiger charge is -2.31. The normalized spacial score (nSPS) is 16.8. The third kappa shape index (κ3) is 7.90. The molecule has 10 nitrogen and oxygen atoms in total. The Balaban J connectivity index is 0.000000532. The number of carboxylic acids is 1. The Hall–Kier alpha value is -4.68. The lowest BCUT2D eigenvalue weighted by Crippen LogP contribution is -2.58. The zero-order chi connectivity index (χ0) is 28.8. The van der Waals surface area contributed by atoms with Crippen molar-refractivity contribution >= 4 is 40.4 Å². The Labute approximate surface area is 220 Å². The lowest BCUT2D eigenvalue weighted by molar-refractivity contribution is -0.192. The van der Waals surface area contributed by atoms with Gasteiger partial charge in [0.1, 0.15) is 12.4 Å². The highest BCUT2D eigenvalue weighted by Gasteiger charge is 2.40. The molecule has 4 amide bonds. The van der Waals surface area contributed by atoms with Gasteiger partial charge < -0.3 is 20.5 Å². The number of para-hydroxylation sites is 1. The maximum atomic E-state index is 12.4. The van der Waals surface area contributed by atoms with Crippen molar-refractivity contribution in [1.82, 2.24) is 15.6 Å². The van der Waals surface area contributed by atoms with Crippen LogP contribution in [-0.2, 0) is 21.0 Å². The fourth-order valence-electron chi connectivity index (χ4n) is 3.67. The summed E-state index contributed by atoms with van der Waals surface area (Å²) in [5, 5.41) is 15.7. The number of carboxylic acid groups (broad SMARTS) is 1. The predicted octanol–water partition coefficient (Wildman–Crippen LogP) is 3.93. The van der Waals surface area contributed by atoms with Crippen LogP contribution in [-0.4, -0.2) is 46.6 Å². The summed E-state index contributed by atoms with van der Waals surface area (Å²) in [5.41, 5.74) is 2.52. The molecular formula is C26H25F3N4O6. The van der Waals surface area contributed by atoms with Gasteiger partial charge in [-0.2, -0.15) is 13.2 Å². The molecule has 39 heavy (non-hydrogen) atoms. The molecule has 4 N–H and O–H groups in total. The molecule has 0 aliphatic carbocycles. The van der Waals surface area contributed by atoms with E-state index < -0.39 is 29.5 Å². The first kappa shape index (κ1) is 28.9. The Morgan fingerprint density at radius 3 is 2.38 bits per heavy atom. The van der Waals surface area contributed by atoms with E-state index in [1.165, 1.54) is 0 Å². The maximum absolute atomic E-state index is 12.4. The topological polar surface area (TPSA) is 147 Å². The van der Waals surface area contributed by atoms with E-state index in [9.17, 15) is 27.6 Å². The highest BCUT2D eigenvalue weighted by Crippen LogP contribution is 2.25. The van der Waals surface area contributed by atoms with Gasteiger partial charge in [-0.3, -0.25) is 19.9 Å². The molecule has 206 valence electrons. The number of rotatable bonds is 6. The Morgan fingerprint density at radius 2 is 1.77 bits per heavy atom.